The number of aromatic hydroxyl groups is 1. The van der Waals surface area contributed by atoms with Gasteiger partial charge in [0.25, 0.3) is 0 Å². The minimum absolute atomic E-state index is 0.0773. The molecule has 0 heterocycles. The van der Waals surface area contributed by atoms with Crippen molar-refractivity contribution >= 4 is 23.2 Å². The molecule has 28 heavy (non-hydrogen) atoms. The van der Waals surface area contributed by atoms with Crippen LogP contribution < -0.4 is 15.5 Å². The Labute approximate surface area is 171 Å². The molecule has 2 unspecified atom stereocenters. The molecule has 0 fully saturated rings. The van der Waals surface area contributed by atoms with Gasteiger partial charge in [-0.1, -0.05) is 42.8 Å². The second kappa shape index (κ2) is 10.9. The van der Waals surface area contributed by atoms with Gasteiger partial charge in [0, 0.05) is 24.0 Å². The Bertz CT molecular complexity index is 772. The highest BCUT2D eigenvalue weighted by Crippen LogP contribution is 2.27. The lowest BCUT2D eigenvalue weighted by Crippen LogP contribution is -2.44. The minimum atomic E-state index is -0.709. The van der Waals surface area contributed by atoms with Crippen molar-refractivity contribution in [2.24, 2.45) is 5.92 Å². The third-order valence-corrected chi connectivity index (χ3v) is 4.76. The molecule has 2 atom stereocenters. The molecular weight excluding hydrogens is 378 g/mol. The van der Waals surface area contributed by atoms with E-state index in [1.165, 1.54) is 0 Å². The van der Waals surface area contributed by atoms with Gasteiger partial charge in [-0.25, -0.2) is 0 Å². The van der Waals surface area contributed by atoms with Crippen molar-refractivity contribution < 1.29 is 15.0 Å². The average molecular weight is 406 g/mol. The Morgan fingerprint density at radius 3 is 2.64 bits per heavy atom. The third-order valence-electron chi connectivity index (χ3n) is 4.52. The van der Waals surface area contributed by atoms with Gasteiger partial charge in [0.1, 0.15) is 12.0 Å². The van der Waals surface area contributed by atoms with E-state index < -0.39 is 6.23 Å². The molecule has 7 heteroatoms. The van der Waals surface area contributed by atoms with Crippen LogP contribution in [0.15, 0.2) is 48.5 Å². The van der Waals surface area contributed by atoms with Crippen LogP contribution in [0.2, 0.25) is 5.02 Å². The normalized spacial score (nSPS) is 13.0. The number of anilines is 1. The number of rotatable bonds is 10. The zero-order valence-electron chi connectivity index (χ0n) is 16.2. The van der Waals surface area contributed by atoms with Crippen LogP contribution in [0.1, 0.15) is 12.5 Å². The maximum absolute atomic E-state index is 12.5. The van der Waals surface area contributed by atoms with E-state index in [9.17, 15) is 15.0 Å². The van der Waals surface area contributed by atoms with E-state index in [0.29, 0.717) is 30.2 Å². The molecule has 0 aliphatic heterocycles. The first kappa shape index (κ1) is 22.0. The molecule has 6 nitrogen and oxygen atoms in total. The number of aliphatic hydroxyl groups excluding tert-OH is 1. The molecule has 4 N–H and O–H groups in total. The molecule has 0 saturated carbocycles. The Kier molecular flexibility index (Phi) is 8.57. The van der Waals surface area contributed by atoms with Crippen LogP contribution in [0.3, 0.4) is 0 Å². The van der Waals surface area contributed by atoms with Crippen molar-refractivity contribution in [2.45, 2.75) is 19.6 Å². The van der Waals surface area contributed by atoms with Crippen LogP contribution in [0.5, 0.6) is 5.75 Å². The highest BCUT2D eigenvalue weighted by Gasteiger charge is 2.20. The molecule has 1 amide bonds. The van der Waals surface area contributed by atoms with E-state index in [0.717, 1.165) is 5.56 Å². The standard InChI is InChI=1S/C21H28ClN3O3/c1-15(21(28)23-2)13-25(18-8-3-4-9-19(18)26)14-20(27)24-11-10-16-6-5-7-17(22)12-16/h3-9,12,15,21,23,26,28H,10-11,13-14H2,1-2H3,(H,24,27). The molecule has 2 aromatic carbocycles. The molecule has 2 aromatic rings. The van der Waals surface area contributed by atoms with Crippen LogP contribution in [-0.2, 0) is 11.2 Å². The topological polar surface area (TPSA) is 84.8 Å². The lowest BCUT2D eigenvalue weighted by molar-refractivity contribution is -0.119. The molecule has 0 aromatic heterocycles. The summed E-state index contributed by atoms with van der Waals surface area (Å²) in [5, 5.41) is 26.6. The largest absolute Gasteiger partial charge is 0.506 e. The van der Waals surface area contributed by atoms with Crippen molar-refractivity contribution in [2.75, 3.05) is 31.6 Å². The summed E-state index contributed by atoms with van der Waals surface area (Å²) >= 11 is 5.98. The molecular formula is C21H28ClN3O3. The second-order valence-corrected chi connectivity index (χ2v) is 7.25. The fourth-order valence-electron chi connectivity index (χ4n) is 2.98. The number of amides is 1. The highest BCUT2D eigenvalue weighted by atomic mass is 35.5. The number of benzene rings is 2. The van der Waals surface area contributed by atoms with Crippen LogP contribution in [0.4, 0.5) is 5.69 Å². The number of aliphatic hydroxyl groups is 1. The summed E-state index contributed by atoms with van der Waals surface area (Å²) in [6, 6.07) is 14.4. The number of hydrogen-bond donors (Lipinski definition) is 4. The number of phenolic OH excluding ortho intramolecular Hbond substituents is 1. The molecule has 0 spiro atoms. The number of halogens is 1. The summed E-state index contributed by atoms with van der Waals surface area (Å²) in [5.74, 6) is -0.208. The quantitative estimate of drug-likeness (QED) is 0.456. The zero-order chi connectivity index (χ0) is 20.5. The van der Waals surface area contributed by atoms with Gasteiger partial charge >= 0.3 is 0 Å². The summed E-state index contributed by atoms with van der Waals surface area (Å²) in [6.07, 6.45) is -0.0307. The summed E-state index contributed by atoms with van der Waals surface area (Å²) < 4.78 is 0. The van der Waals surface area contributed by atoms with Gasteiger partial charge in [-0.3, -0.25) is 10.1 Å². The summed E-state index contributed by atoms with van der Waals surface area (Å²) in [6.45, 7) is 2.85. The number of carbonyl (C=O) groups excluding carboxylic acids is 1. The summed E-state index contributed by atoms with van der Waals surface area (Å²) in [5.41, 5.74) is 1.61. The Hall–Kier alpha value is -2.28. The van der Waals surface area contributed by atoms with Crippen LogP contribution in [0, 0.1) is 5.92 Å². The van der Waals surface area contributed by atoms with Gasteiger partial charge in [0.2, 0.25) is 5.91 Å². The van der Waals surface area contributed by atoms with Crippen LogP contribution >= 0.6 is 11.6 Å². The maximum Gasteiger partial charge on any atom is 0.239 e. The number of hydrogen-bond acceptors (Lipinski definition) is 5. The first-order valence-corrected chi connectivity index (χ1v) is 9.68. The van der Waals surface area contributed by atoms with Crippen molar-refractivity contribution in [3.63, 3.8) is 0 Å². The lowest BCUT2D eigenvalue weighted by atomic mass is 10.1. The number of phenols is 1. The van der Waals surface area contributed by atoms with Crippen molar-refractivity contribution in [3.8, 4) is 5.75 Å². The van der Waals surface area contributed by atoms with Crippen molar-refractivity contribution in [1.82, 2.24) is 10.6 Å². The van der Waals surface area contributed by atoms with Gasteiger partial charge in [-0.2, -0.15) is 0 Å². The number of carbonyl (C=O) groups is 1. The molecule has 0 aliphatic carbocycles. The molecule has 0 saturated heterocycles. The maximum atomic E-state index is 12.5. The average Bonchev–Trinajstić information content (AvgIpc) is 2.67. The van der Waals surface area contributed by atoms with E-state index in [1.54, 1.807) is 36.2 Å². The van der Waals surface area contributed by atoms with E-state index in [-0.39, 0.29) is 24.1 Å². The Balaban J connectivity index is 1.98. The Morgan fingerprint density at radius 1 is 1.21 bits per heavy atom. The molecule has 0 bridgehead atoms. The SMILES string of the molecule is CNC(O)C(C)CN(CC(=O)NCCc1cccc(Cl)c1)c1ccccc1O. The highest BCUT2D eigenvalue weighted by molar-refractivity contribution is 6.30. The fraction of sp³-hybridized carbons (Fsp3) is 0.381. The molecule has 152 valence electrons. The van der Waals surface area contributed by atoms with Crippen molar-refractivity contribution in [3.05, 3.63) is 59.1 Å². The van der Waals surface area contributed by atoms with Crippen molar-refractivity contribution in [1.29, 1.82) is 0 Å². The van der Waals surface area contributed by atoms with Gasteiger partial charge < -0.3 is 20.4 Å². The monoisotopic (exact) mass is 405 g/mol. The van der Waals surface area contributed by atoms with E-state index in [4.69, 9.17) is 11.6 Å². The number of para-hydroxylation sites is 2. The number of nitrogens with zero attached hydrogens (tertiary/aromatic N) is 1. The summed E-state index contributed by atoms with van der Waals surface area (Å²) in [7, 11) is 1.67. The zero-order valence-corrected chi connectivity index (χ0v) is 17.0. The minimum Gasteiger partial charge on any atom is -0.506 e. The van der Waals surface area contributed by atoms with Gasteiger partial charge in [0.05, 0.1) is 12.2 Å². The predicted octanol–water partition coefficient (Wildman–Crippen LogP) is 2.38. The second-order valence-electron chi connectivity index (χ2n) is 6.81. The lowest BCUT2D eigenvalue weighted by Gasteiger charge is -2.29. The smallest absolute Gasteiger partial charge is 0.239 e. The van der Waals surface area contributed by atoms with Gasteiger partial charge in [-0.15, -0.1) is 0 Å². The van der Waals surface area contributed by atoms with Gasteiger partial charge in [0.15, 0.2) is 0 Å². The van der Waals surface area contributed by atoms with Crippen LogP contribution in [-0.4, -0.2) is 49.0 Å². The van der Waals surface area contributed by atoms with E-state index in [2.05, 4.69) is 10.6 Å². The van der Waals surface area contributed by atoms with E-state index in [1.807, 2.05) is 31.2 Å². The predicted molar refractivity (Wildman–Crippen MR) is 113 cm³/mol. The third kappa shape index (κ3) is 6.71. The molecule has 0 radical (unpaired) electrons. The molecule has 2 rings (SSSR count). The van der Waals surface area contributed by atoms with Gasteiger partial charge in [-0.05, 0) is 43.3 Å². The first-order chi connectivity index (χ1) is 13.4. The van der Waals surface area contributed by atoms with Crippen LogP contribution in [0.25, 0.3) is 0 Å². The number of nitrogens with one attached hydrogen (secondary N) is 2. The van der Waals surface area contributed by atoms with E-state index >= 15 is 0 Å². The first-order valence-electron chi connectivity index (χ1n) is 9.30. The molecule has 0 aliphatic rings. The Morgan fingerprint density at radius 2 is 1.96 bits per heavy atom. The fourth-order valence-corrected chi connectivity index (χ4v) is 3.19. The summed E-state index contributed by atoms with van der Waals surface area (Å²) in [4.78, 5) is 14.3.